The van der Waals surface area contributed by atoms with Gasteiger partial charge in [0.2, 0.25) is 0 Å². The van der Waals surface area contributed by atoms with Crippen LogP contribution in [0.15, 0.2) is 35.6 Å². The van der Waals surface area contributed by atoms with Crippen LogP contribution in [0.5, 0.6) is 5.75 Å². The van der Waals surface area contributed by atoms with E-state index in [1.807, 2.05) is 19.2 Å². The van der Waals surface area contributed by atoms with E-state index in [9.17, 15) is 0 Å². The van der Waals surface area contributed by atoms with Gasteiger partial charge in [-0.1, -0.05) is 18.2 Å². The van der Waals surface area contributed by atoms with Gasteiger partial charge in [0.05, 0.1) is 13.2 Å². The molecule has 2 N–H and O–H groups in total. The summed E-state index contributed by atoms with van der Waals surface area (Å²) in [4.78, 5) is 11.4. The standard InChI is InChI=1S/C20H31N7O/c1-4-21-20(23-14-19-24-15-25-26(19)2)22-13-17(27-11-7-8-12-27)16-9-5-6-10-18(16)28-3/h5-6,9-10,15,17H,4,7-8,11-14H2,1-3H3,(H2,21,22,23). The molecule has 0 radical (unpaired) electrons. The molecule has 0 bridgehead atoms. The highest BCUT2D eigenvalue weighted by molar-refractivity contribution is 5.79. The molecule has 8 heteroatoms. The minimum Gasteiger partial charge on any atom is -0.496 e. The molecule has 1 aromatic heterocycles. The van der Waals surface area contributed by atoms with Crippen LogP contribution < -0.4 is 15.4 Å². The number of aliphatic imine (C=N–C) groups is 1. The normalized spacial score (nSPS) is 16.2. The zero-order chi connectivity index (χ0) is 19.8. The lowest BCUT2D eigenvalue weighted by Crippen LogP contribution is -2.42. The maximum atomic E-state index is 5.63. The van der Waals surface area contributed by atoms with Crippen molar-refractivity contribution < 1.29 is 4.74 Å². The number of nitrogens with zero attached hydrogens (tertiary/aromatic N) is 5. The predicted molar refractivity (Wildman–Crippen MR) is 110 cm³/mol. The van der Waals surface area contributed by atoms with Crippen LogP contribution in [0.4, 0.5) is 0 Å². The molecular formula is C20H31N7O. The van der Waals surface area contributed by atoms with E-state index in [4.69, 9.17) is 4.74 Å². The first-order valence-corrected chi connectivity index (χ1v) is 9.95. The molecule has 1 aliphatic rings. The van der Waals surface area contributed by atoms with Gasteiger partial charge in [-0.2, -0.15) is 5.10 Å². The Morgan fingerprint density at radius 1 is 1.25 bits per heavy atom. The zero-order valence-corrected chi connectivity index (χ0v) is 17.1. The van der Waals surface area contributed by atoms with Gasteiger partial charge in [-0.25, -0.2) is 9.98 Å². The second-order valence-corrected chi connectivity index (χ2v) is 6.88. The Hall–Kier alpha value is -2.61. The van der Waals surface area contributed by atoms with Gasteiger partial charge < -0.3 is 15.4 Å². The Kier molecular flexibility index (Phi) is 7.25. The average Bonchev–Trinajstić information content (AvgIpc) is 3.38. The number of hydrogen-bond donors (Lipinski definition) is 2. The molecule has 0 amide bonds. The fourth-order valence-electron chi connectivity index (χ4n) is 3.58. The first kappa shape index (κ1) is 20.1. The SMILES string of the molecule is CCNC(=NCc1ncnn1C)NCC(c1ccccc1OC)N1CCCC1. The highest BCUT2D eigenvalue weighted by atomic mass is 16.5. The van der Waals surface area contributed by atoms with Crippen molar-refractivity contribution in [1.82, 2.24) is 30.3 Å². The van der Waals surface area contributed by atoms with Crippen molar-refractivity contribution in [3.8, 4) is 5.75 Å². The molecule has 2 aromatic rings. The van der Waals surface area contributed by atoms with Gasteiger partial charge in [-0.3, -0.25) is 9.58 Å². The molecule has 0 saturated carbocycles. The third-order valence-corrected chi connectivity index (χ3v) is 5.07. The maximum absolute atomic E-state index is 5.63. The van der Waals surface area contributed by atoms with Crippen molar-refractivity contribution in [2.24, 2.45) is 12.0 Å². The zero-order valence-electron chi connectivity index (χ0n) is 17.1. The minimum atomic E-state index is 0.234. The fraction of sp³-hybridized carbons (Fsp3) is 0.550. The van der Waals surface area contributed by atoms with Crippen LogP contribution in [0.1, 0.15) is 37.2 Å². The van der Waals surface area contributed by atoms with Crippen molar-refractivity contribution in [1.29, 1.82) is 0 Å². The monoisotopic (exact) mass is 385 g/mol. The van der Waals surface area contributed by atoms with Gasteiger partial charge in [0.25, 0.3) is 0 Å². The number of rotatable bonds is 8. The topological polar surface area (TPSA) is 79.6 Å². The first-order valence-electron chi connectivity index (χ1n) is 9.95. The molecule has 3 rings (SSSR count). The Bertz CT molecular complexity index is 767. The molecule has 8 nitrogen and oxygen atoms in total. The fourth-order valence-corrected chi connectivity index (χ4v) is 3.58. The number of para-hydroxylation sites is 1. The molecule has 28 heavy (non-hydrogen) atoms. The molecule has 1 unspecified atom stereocenters. The smallest absolute Gasteiger partial charge is 0.191 e. The van der Waals surface area contributed by atoms with Crippen LogP contribution in [0.25, 0.3) is 0 Å². The third kappa shape index (κ3) is 5.01. The Balaban J connectivity index is 1.74. The number of aromatic nitrogens is 3. The quantitative estimate of drug-likeness (QED) is 0.532. The number of aryl methyl sites for hydroxylation is 1. The molecule has 1 aliphatic heterocycles. The summed E-state index contributed by atoms with van der Waals surface area (Å²) in [6.07, 6.45) is 4.04. The second-order valence-electron chi connectivity index (χ2n) is 6.88. The predicted octanol–water partition coefficient (Wildman–Crippen LogP) is 1.72. The summed E-state index contributed by atoms with van der Waals surface area (Å²) in [5.74, 6) is 2.55. The lowest BCUT2D eigenvalue weighted by molar-refractivity contribution is 0.239. The first-order chi connectivity index (χ1) is 13.7. The van der Waals surface area contributed by atoms with Gasteiger partial charge in [-0.05, 0) is 38.9 Å². The lowest BCUT2D eigenvalue weighted by Gasteiger charge is -2.30. The van der Waals surface area contributed by atoms with Crippen molar-refractivity contribution in [3.05, 3.63) is 42.0 Å². The van der Waals surface area contributed by atoms with Gasteiger partial charge in [0.15, 0.2) is 5.96 Å². The maximum Gasteiger partial charge on any atom is 0.191 e. The molecule has 2 heterocycles. The summed E-state index contributed by atoms with van der Waals surface area (Å²) >= 11 is 0. The summed E-state index contributed by atoms with van der Waals surface area (Å²) < 4.78 is 7.38. The molecule has 0 aliphatic carbocycles. The lowest BCUT2D eigenvalue weighted by atomic mass is 10.0. The van der Waals surface area contributed by atoms with E-state index in [2.05, 4.69) is 49.7 Å². The molecule has 0 spiro atoms. The van der Waals surface area contributed by atoms with E-state index in [0.29, 0.717) is 6.54 Å². The molecule has 1 atom stereocenters. The molecule has 1 saturated heterocycles. The number of hydrogen-bond acceptors (Lipinski definition) is 5. The number of benzene rings is 1. The largest absolute Gasteiger partial charge is 0.496 e. The van der Waals surface area contributed by atoms with Crippen LogP contribution >= 0.6 is 0 Å². The highest BCUT2D eigenvalue weighted by Crippen LogP contribution is 2.31. The summed E-state index contributed by atoms with van der Waals surface area (Å²) in [5.41, 5.74) is 1.21. The van der Waals surface area contributed by atoms with Crippen LogP contribution in [-0.4, -0.2) is 58.9 Å². The van der Waals surface area contributed by atoms with Gasteiger partial charge in [0.1, 0.15) is 24.4 Å². The Morgan fingerprint density at radius 2 is 2.04 bits per heavy atom. The van der Waals surface area contributed by atoms with E-state index in [1.54, 1.807) is 18.1 Å². The van der Waals surface area contributed by atoms with Gasteiger partial charge in [0, 0.05) is 25.7 Å². The summed E-state index contributed by atoms with van der Waals surface area (Å²) in [6.45, 7) is 6.32. The van der Waals surface area contributed by atoms with Crippen molar-refractivity contribution in [2.75, 3.05) is 33.3 Å². The van der Waals surface area contributed by atoms with E-state index in [0.717, 1.165) is 43.7 Å². The Labute approximate surface area is 167 Å². The van der Waals surface area contributed by atoms with E-state index < -0.39 is 0 Å². The van der Waals surface area contributed by atoms with Crippen LogP contribution in [-0.2, 0) is 13.6 Å². The molecule has 1 fully saturated rings. The van der Waals surface area contributed by atoms with Gasteiger partial charge >= 0.3 is 0 Å². The van der Waals surface area contributed by atoms with Crippen LogP contribution in [0.3, 0.4) is 0 Å². The average molecular weight is 386 g/mol. The van der Waals surface area contributed by atoms with Crippen molar-refractivity contribution in [2.45, 2.75) is 32.4 Å². The van der Waals surface area contributed by atoms with E-state index >= 15 is 0 Å². The minimum absolute atomic E-state index is 0.234. The molecule has 152 valence electrons. The summed E-state index contributed by atoms with van der Waals surface area (Å²) in [5, 5.41) is 10.9. The van der Waals surface area contributed by atoms with Crippen molar-refractivity contribution >= 4 is 5.96 Å². The van der Waals surface area contributed by atoms with E-state index in [-0.39, 0.29) is 6.04 Å². The summed E-state index contributed by atoms with van der Waals surface area (Å²) in [7, 11) is 3.61. The highest BCUT2D eigenvalue weighted by Gasteiger charge is 2.26. The molecule has 1 aromatic carbocycles. The second kappa shape index (κ2) is 10.1. The Morgan fingerprint density at radius 3 is 2.71 bits per heavy atom. The summed E-state index contributed by atoms with van der Waals surface area (Å²) in [6, 6.07) is 8.52. The number of likely N-dealkylation sites (tertiary alicyclic amines) is 1. The van der Waals surface area contributed by atoms with Crippen LogP contribution in [0.2, 0.25) is 0 Å². The number of guanidine groups is 1. The van der Waals surface area contributed by atoms with Crippen molar-refractivity contribution in [3.63, 3.8) is 0 Å². The van der Waals surface area contributed by atoms with E-state index in [1.165, 1.54) is 18.4 Å². The third-order valence-electron chi connectivity index (χ3n) is 5.07. The molecular weight excluding hydrogens is 354 g/mol. The van der Waals surface area contributed by atoms with Crippen LogP contribution in [0, 0.1) is 0 Å². The number of ether oxygens (including phenoxy) is 1. The number of nitrogens with one attached hydrogen (secondary N) is 2. The van der Waals surface area contributed by atoms with Gasteiger partial charge in [-0.15, -0.1) is 0 Å². The number of methoxy groups -OCH3 is 1.